The zero-order chi connectivity index (χ0) is 15.6. The highest BCUT2D eigenvalue weighted by molar-refractivity contribution is 9.10. The summed E-state index contributed by atoms with van der Waals surface area (Å²) in [6, 6.07) is 6.36. The summed E-state index contributed by atoms with van der Waals surface area (Å²) in [5.41, 5.74) is -0.930. The van der Waals surface area contributed by atoms with E-state index >= 15 is 0 Å². The van der Waals surface area contributed by atoms with Gasteiger partial charge in [0.05, 0.1) is 12.1 Å². The SMILES string of the molecule is O=C(O)c1ccc(CNc2ccc(Br)cc2C(F)(F)F)o1. The number of carboxylic acid groups (broad SMARTS) is 1. The van der Waals surface area contributed by atoms with E-state index in [1.165, 1.54) is 24.3 Å². The summed E-state index contributed by atoms with van der Waals surface area (Å²) < 4.78 is 44.0. The molecule has 0 aliphatic rings. The number of anilines is 1. The van der Waals surface area contributed by atoms with Crippen molar-refractivity contribution in [2.24, 2.45) is 0 Å². The van der Waals surface area contributed by atoms with Gasteiger partial charge in [-0.1, -0.05) is 15.9 Å². The van der Waals surface area contributed by atoms with E-state index in [4.69, 9.17) is 9.52 Å². The van der Waals surface area contributed by atoms with E-state index in [-0.39, 0.29) is 23.8 Å². The van der Waals surface area contributed by atoms with Gasteiger partial charge in [-0.2, -0.15) is 13.2 Å². The number of nitrogens with one attached hydrogen (secondary N) is 1. The third-order valence-corrected chi connectivity index (χ3v) is 3.11. The first kappa shape index (κ1) is 15.4. The Labute approximate surface area is 125 Å². The van der Waals surface area contributed by atoms with Crippen LogP contribution >= 0.6 is 15.9 Å². The number of alkyl halides is 3. The number of hydrogen-bond donors (Lipinski definition) is 2. The molecule has 0 unspecified atom stereocenters. The second-order valence-corrected chi connectivity index (χ2v) is 5.03. The molecule has 1 heterocycles. The van der Waals surface area contributed by atoms with Crippen molar-refractivity contribution in [1.82, 2.24) is 0 Å². The highest BCUT2D eigenvalue weighted by Crippen LogP contribution is 2.36. The predicted molar refractivity (Wildman–Crippen MR) is 72.1 cm³/mol. The number of rotatable bonds is 4. The van der Waals surface area contributed by atoms with Gasteiger partial charge >= 0.3 is 12.1 Å². The lowest BCUT2D eigenvalue weighted by atomic mass is 10.1. The van der Waals surface area contributed by atoms with Crippen LogP contribution in [0.5, 0.6) is 0 Å². The lowest BCUT2D eigenvalue weighted by molar-refractivity contribution is -0.137. The van der Waals surface area contributed by atoms with Crippen LogP contribution in [0.1, 0.15) is 21.9 Å². The molecule has 0 aliphatic heterocycles. The standard InChI is InChI=1S/C13H9BrF3NO3/c14-7-1-3-10(9(5-7)13(15,16)17)18-6-8-2-4-11(21-8)12(19)20/h1-5,18H,6H2,(H,19,20). The molecule has 1 aromatic heterocycles. The molecular formula is C13H9BrF3NO3. The van der Waals surface area contributed by atoms with E-state index in [1.54, 1.807) is 0 Å². The Kier molecular flexibility index (Phi) is 4.26. The van der Waals surface area contributed by atoms with Gasteiger partial charge in [-0.05, 0) is 30.3 Å². The monoisotopic (exact) mass is 363 g/mol. The van der Waals surface area contributed by atoms with Crippen molar-refractivity contribution < 1.29 is 27.5 Å². The van der Waals surface area contributed by atoms with Crippen molar-refractivity contribution in [3.63, 3.8) is 0 Å². The molecule has 112 valence electrons. The maximum absolute atomic E-state index is 12.9. The Hall–Kier alpha value is -1.96. The maximum atomic E-state index is 12.9. The molecule has 0 bridgehead atoms. The number of hydrogen-bond acceptors (Lipinski definition) is 3. The van der Waals surface area contributed by atoms with Crippen LogP contribution in [-0.4, -0.2) is 11.1 Å². The third kappa shape index (κ3) is 3.78. The third-order valence-electron chi connectivity index (χ3n) is 2.61. The molecule has 0 saturated carbocycles. The average Bonchev–Trinajstić information content (AvgIpc) is 2.85. The van der Waals surface area contributed by atoms with Crippen molar-refractivity contribution in [2.45, 2.75) is 12.7 Å². The van der Waals surface area contributed by atoms with Crippen molar-refractivity contribution in [1.29, 1.82) is 0 Å². The van der Waals surface area contributed by atoms with Gasteiger partial charge in [0, 0.05) is 10.2 Å². The Morgan fingerprint density at radius 2 is 2.00 bits per heavy atom. The predicted octanol–water partition coefficient (Wildman–Crippen LogP) is 4.37. The number of benzene rings is 1. The minimum Gasteiger partial charge on any atom is -0.475 e. The first-order valence-electron chi connectivity index (χ1n) is 5.70. The van der Waals surface area contributed by atoms with Crippen molar-refractivity contribution in [2.75, 3.05) is 5.32 Å². The molecule has 0 amide bonds. The van der Waals surface area contributed by atoms with E-state index in [2.05, 4.69) is 21.2 Å². The number of furan rings is 1. The van der Waals surface area contributed by atoms with E-state index < -0.39 is 17.7 Å². The minimum absolute atomic E-state index is 0.0575. The molecule has 21 heavy (non-hydrogen) atoms. The Morgan fingerprint density at radius 3 is 2.57 bits per heavy atom. The first-order valence-corrected chi connectivity index (χ1v) is 6.49. The van der Waals surface area contributed by atoms with Gasteiger partial charge in [0.15, 0.2) is 0 Å². The summed E-state index contributed by atoms with van der Waals surface area (Å²) in [5, 5.41) is 11.3. The highest BCUT2D eigenvalue weighted by Gasteiger charge is 2.33. The fourth-order valence-corrected chi connectivity index (χ4v) is 2.04. The van der Waals surface area contributed by atoms with Crippen molar-refractivity contribution >= 4 is 27.6 Å². The summed E-state index contributed by atoms with van der Waals surface area (Å²) in [4.78, 5) is 10.6. The summed E-state index contributed by atoms with van der Waals surface area (Å²) in [6.07, 6.45) is -4.50. The van der Waals surface area contributed by atoms with Crippen LogP contribution in [0.4, 0.5) is 18.9 Å². The Morgan fingerprint density at radius 1 is 1.29 bits per heavy atom. The zero-order valence-corrected chi connectivity index (χ0v) is 12.0. The van der Waals surface area contributed by atoms with Gasteiger partial charge in [-0.25, -0.2) is 4.79 Å². The van der Waals surface area contributed by atoms with Crippen LogP contribution in [-0.2, 0) is 12.7 Å². The van der Waals surface area contributed by atoms with Gasteiger partial charge < -0.3 is 14.8 Å². The molecule has 0 spiro atoms. The number of carbonyl (C=O) groups is 1. The molecule has 4 nitrogen and oxygen atoms in total. The molecular weight excluding hydrogens is 355 g/mol. The Bertz CT molecular complexity index is 667. The molecule has 0 atom stereocenters. The molecule has 2 rings (SSSR count). The second kappa shape index (κ2) is 5.80. The summed E-state index contributed by atoms with van der Waals surface area (Å²) in [7, 11) is 0. The van der Waals surface area contributed by atoms with E-state index in [0.717, 1.165) is 6.07 Å². The fourth-order valence-electron chi connectivity index (χ4n) is 1.68. The van der Waals surface area contributed by atoms with Crippen LogP contribution in [0.25, 0.3) is 0 Å². The number of halogens is 4. The maximum Gasteiger partial charge on any atom is 0.418 e. The van der Waals surface area contributed by atoms with Crippen LogP contribution < -0.4 is 5.32 Å². The van der Waals surface area contributed by atoms with Crippen LogP contribution in [0.2, 0.25) is 0 Å². The van der Waals surface area contributed by atoms with Gasteiger partial charge in [-0.15, -0.1) is 0 Å². The van der Waals surface area contributed by atoms with Crippen LogP contribution in [0.3, 0.4) is 0 Å². The fraction of sp³-hybridized carbons (Fsp3) is 0.154. The van der Waals surface area contributed by atoms with Gasteiger partial charge in [-0.3, -0.25) is 0 Å². The molecule has 0 aliphatic carbocycles. The zero-order valence-electron chi connectivity index (χ0n) is 10.4. The summed E-state index contributed by atoms with van der Waals surface area (Å²) in [6.45, 7) is -0.0575. The van der Waals surface area contributed by atoms with Gasteiger partial charge in [0.1, 0.15) is 5.76 Å². The summed E-state index contributed by atoms with van der Waals surface area (Å²) >= 11 is 2.99. The quantitative estimate of drug-likeness (QED) is 0.846. The summed E-state index contributed by atoms with van der Waals surface area (Å²) in [5.74, 6) is -1.28. The molecule has 0 fully saturated rings. The molecule has 0 saturated heterocycles. The van der Waals surface area contributed by atoms with Gasteiger partial charge in [0.25, 0.3) is 0 Å². The van der Waals surface area contributed by atoms with Gasteiger partial charge in [0.2, 0.25) is 5.76 Å². The number of carboxylic acids is 1. The van der Waals surface area contributed by atoms with Crippen LogP contribution in [0.15, 0.2) is 39.2 Å². The molecule has 8 heteroatoms. The minimum atomic E-state index is -4.50. The second-order valence-electron chi connectivity index (χ2n) is 4.11. The average molecular weight is 364 g/mol. The largest absolute Gasteiger partial charge is 0.475 e. The normalized spacial score (nSPS) is 11.4. The smallest absolute Gasteiger partial charge is 0.418 e. The molecule has 1 aromatic carbocycles. The van der Waals surface area contributed by atoms with Crippen LogP contribution in [0, 0.1) is 0 Å². The van der Waals surface area contributed by atoms with E-state index in [1.807, 2.05) is 0 Å². The topological polar surface area (TPSA) is 62.5 Å². The molecule has 2 aromatic rings. The molecule has 0 radical (unpaired) electrons. The molecule has 2 N–H and O–H groups in total. The first-order chi connectivity index (χ1) is 9.77. The lowest BCUT2D eigenvalue weighted by Crippen LogP contribution is -2.10. The van der Waals surface area contributed by atoms with Crippen molar-refractivity contribution in [3.8, 4) is 0 Å². The Balaban J connectivity index is 2.18. The van der Waals surface area contributed by atoms with E-state index in [0.29, 0.717) is 4.47 Å². The number of aromatic carboxylic acids is 1. The van der Waals surface area contributed by atoms with E-state index in [9.17, 15) is 18.0 Å². The van der Waals surface area contributed by atoms with Crippen molar-refractivity contribution in [3.05, 3.63) is 51.9 Å². The lowest BCUT2D eigenvalue weighted by Gasteiger charge is -2.14. The highest BCUT2D eigenvalue weighted by atomic mass is 79.9.